The third-order valence-corrected chi connectivity index (χ3v) is 4.49. The van der Waals surface area contributed by atoms with Gasteiger partial charge in [-0.05, 0) is 18.2 Å². The second kappa shape index (κ2) is 13.8. The number of ether oxygens (including phenoxy) is 1. The summed E-state index contributed by atoms with van der Waals surface area (Å²) in [4.78, 5) is 31.6. The zero-order valence-electron chi connectivity index (χ0n) is 23.3. The number of benzene rings is 2. The monoisotopic (exact) mass is 446 g/mol. The molecule has 0 unspecified atom stereocenters. The maximum Gasteiger partial charge on any atom is 0.328 e. The van der Waals surface area contributed by atoms with Crippen LogP contribution in [0.15, 0.2) is 72.7 Å². The van der Waals surface area contributed by atoms with Gasteiger partial charge < -0.3 is 20.3 Å². The van der Waals surface area contributed by atoms with Crippen molar-refractivity contribution in [3.8, 4) is 0 Å². The summed E-state index contributed by atoms with van der Waals surface area (Å²) in [5, 5.41) is 18.7. The molecule has 0 bridgehead atoms. The standard InChI is InChI=1S/C21H27NO2.C4H4O4/c1-4-20(23)24-21(17(2)16-22-3,19-13-9-6-10-14-19)15-18-11-7-5-8-12-18;5-3(6)1-2-4(7)8/h5-14,17,22H,4,15-16H2,1-3H3;1-2H,(H,5,6)(H,7,8)/b;2-1-/t17-,21-;/m1./s1/i6D,9D,10D,13D,14D;. The van der Waals surface area contributed by atoms with Gasteiger partial charge in [-0.3, -0.25) is 4.79 Å². The molecule has 0 fully saturated rings. The Morgan fingerprint density at radius 1 is 1.09 bits per heavy atom. The van der Waals surface area contributed by atoms with Crippen LogP contribution in [0.25, 0.3) is 0 Å². The minimum atomic E-state index is -1.43. The Hall–Kier alpha value is -3.45. The molecule has 2 atom stereocenters. The van der Waals surface area contributed by atoms with Gasteiger partial charge in [0.1, 0.15) is 5.60 Å². The van der Waals surface area contributed by atoms with Crippen molar-refractivity contribution in [2.75, 3.05) is 13.6 Å². The van der Waals surface area contributed by atoms with E-state index in [1.165, 1.54) is 0 Å². The summed E-state index contributed by atoms with van der Waals surface area (Å²) >= 11 is 0. The molecule has 0 aromatic heterocycles. The average molecular weight is 447 g/mol. The summed E-state index contributed by atoms with van der Waals surface area (Å²) in [7, 11) is 1.76. The van der Waals surface area contributed by atoms with Crippen molar-refractivity contribution in [2.24, 2.45) is 5.92 Å². The lowest BCUT2D eigenvalue weighted by Gasteiger charge is -2.39. The van der Waals surface area contributed by atoms with Gasteiger partial charge in [-0.2, -0.15) is 0 Å². The van der Waals surface area contributed by atoms with Crippen molar-refractivity contribution in [3.05, 3.63) is 83.8 Å². The predicted octanol–water partition coefficient (Wildman–Crippen LogP) is 3.65. The number of carbonyl (C=O) groups is 3. The van der Waals surface area contributed by atoms with Crippen molar-refractivity contribution in [1.82, 2.24) is 5.32 Å². The van der Waals surface area contributed by atoms with Crippen LogP contribution in [0.5, 0.6) is 0 Å². The third kappa shape index (κ3) is 8.73. The minimum absolute atomic E-state index is 0.0110. The second-order valence-corrected chi connectivity index (χ2v) is 6.85. The van der Waals surface area contributed by atoms with Crippen molar-refractivity contribution in [3.63, 3.8) is 0 Å². The van der Waals surface area contributed by atoms with Gasteiger partial charge >= 0.3 is 17.9 Å². The first-order valence-electron chi connectivity index (χ1n) is 12.4. The lowest BCUT2D eigenvalue weighted by atomic mass is 9.77. The summed E-state index contributed by atoms with van der Waals surface area (Å²) < 4.78 is 47.1. The summed E-state index contributed by atoms with van der Waals surface area (Å²) in [6, 6.07) is 7.26. The van der Waals surface area contributed by atoms with Crippen LogP contribution in [0.1, 0.15) is 38.2 Å². The molecule has 0 aliphatic rings. The van der Waals surface area contributed by atoms with Crippen LogP contribution in [-0.2, 0) is 31.1 Å². The molecule has 7 heteroatoms. The van der Waals surface area contributed by atoms with Crippen molar-refractivity contribution >= 4 is 17.9 Å². The Kier molecular flexibility index (Phi) is 8.29. The summed E-state index contributed by atoms with van der Waals surface area (Å²) in [5.41, 5.74) is -0.576. The van der Waals surface area contributed by atoms with Crippen LogP contribution in [0, 0.1) is 5.92 Å². The lowest BCUT2D eigenvalue weighted by Crippen LogP contribution is -2.44. The second-order valence-electron chi connectivity index (χ2n) is 6.85. The molecule has 2 aromatic rings. The van der Waals surface area contributed by atoms with E-state index in [4.69, 9.17) is 21.8 Å². The van der Waals surface area contributed by atoms with E-state index in [1.54, 1.807) is 14.0 Å². The van der Waals surface area contributed by atoms with E-state index >= 15 is 0 Å². The van der Waals surface area contributed by atoms with E-state index in [2.05, 4.69) is 5.32 Å². The van der Waals surface area contributed by atoms with E-state index in [1.807, 2.05) is 37.3 Å². The molecule has 3 N–H and O–H groups in total. The summed E-state index contributed by atoms with van der Waals surface area (Å²) in [6.07, 6.45) is 1.42. The number of hydrogen-bond donors (Lipinski definition) is 3. The first-order valence-corrected chi connectivity index (χ1v) is 9.93. The Labute approximate surface area is 195 Å². The quantitative estimate of drug-likeness (QED) is 0.377. The number of nitrogens with one attached hydrogen (secondary N) is 1. The molecule has 172 valence electrons. The smallest absolute Gasteiger partial charge is 0.328 e. The van der Waals surface area contributed by atoms with E-state index in [-0.39, 0.29) is 36.4 Å². The van der Waals surface area contributed by atoms with Crippen molar-refractivity contribution < 1.29 is 36.2 Å². The van der Waals surface area contributed by atoms with Gasteiger partial charge in [-0.25, -0.2) is 9.59 Å². The first kappa shape index (κ1) is 19.3. The van der Waals surface area contributed by atoms with Gasteiger partial charge in [-0.1, -0.05) is 74.4 Å². The molecule has 0 saturated heterocycles. The third-order valence-electron chi connectivity index (χ3n) is 4.49. The van der Waals surface area contributed by atoms with Gasteiger partial charge in [0.05, 0.1) is 6.85 Å². The maximum atomic E-state index is 12.5. The fourth-order valence-corrected chi connectivity index (χ4v) is 2.95. The molecule has 2 aromatic carbocycles. The van der Waals surface area contributed by atoms with Crippen molar-refractivity contribution in [1.29, 1.82) is 0 Å². The zero-order valence-corrected chi connectivity index (χ0v) is 18.3. The molecule has 2 rings (SSSR count). The number of carboxylic acid groups (broad SMARTS) is 2. The number of carbonyl (C=O) groups excluding carboxylic acids is 1. The zero-order chi connectivity index (χ0) is 28.3. The van der Waals surface area contributed by atoms with E-state index < -0.39 is 41.6 Å². The van der Waals surface area contributed by atoms with E-state index in [9.17, 15) is 14.4 Å². The van der Waals surface area contributed by atoms with Crippen LogP contribution >= 0.6 is 0 Å². The van der Waals surface area contributed by atoms with Crippen LogP contribution < -0.4 is 5.32 Å². The summed E-state index contributed by atoms with van der Waals surface area (Å²) in [5.74, 6) is -3.37. The van der Waals surface area contributed by atoms with Crippen LogP contribution in [-0.4, -0.2) is 41.7 Å². The summed E-state index contributed by atoms with van der Waals surface area (Å²) in [6.45, 7) is 3.94. The molecule has 7 nitrogen and oxygen atoms in total. The Balaban J connectivity index is 0.000000738. The largest absolute Gasteiger partial charge is 0.478 e. The van der Waals surface area contributed by atoms with Gasteiger partial charge in [-0.15, -0.1) is 0 Å². The highest BCUT2D eigenvalue weighted by Crippen LogP contribution is 2.37. The van der Waals surface area contributed by atoms with E-state index in [0.717, 1.165) is 5.56 Å². The molecule has 0 amide bonds. The Morgan fingerprint density at radius 3 is 2.12 bits per heavy atom. The molecule has 32 heavy (non-hydrogen) atoms. The molecule has 0 spiro atoms. The highest BCUT2D eigenvalue weighted by molar-refractivity contribution is 5.89. The lowest BCUT2D eigenvalue weighted by molar-refractivity contribution is -0.167. The fourth-order valence-electron chi connectivity index (χ4n) is 2.95. The first-order chi connectivity index (χ1) is 17.3. The van der Waals surface area contributed by atoms with Crippen molar-refractivity contribution in [2.45, 2.75) is 32.3 Å². The molecule has 0 radical (unpaired) electrons. The minimum Gasteiger partial charge on any atom is -0.478 e. The molecule has 0 saturated carbocycles. The molecule has 0 aliphatic carbocycles. The van der Waals surface area contributed by atoms with Crippen LogP contribution in [0.3, 0.4) is 0 Å². The van der Waals surface area contributed by atoms with Crippen LogP contribution in [0.4, 0.5) is 0 Å². The van der Waals surface area contributed by atoms with Gasteiger partial charge in [0.25, 0.3) is 0 Å². The van der Waals surface area contributed by atoms with Crippen LogP contribution in [0.2, 0.25) is 0 Å². The number of esters is 1. The number of aliphatic carboxylic acids is 2. The Bertz CT molecular complexity index is 1100. The molecule has 0 aliphatic heterocycles. The number of hydrogen-bond acceptors (Lipinski definition) is 5. The van der Waals surface area contributed by atoms with Gasteiger partial charge in [0.15, 0.2) is 0 Å². The molecule has 0 heterocycles. The number of rotatable bonds is 10. The SMILES string of the molecule is O=C(O)/C=C\C(=O)O.[2H]c1c([2H])c([2H])c([C@](Cc2ccccc2)(OC(=O)CC)[C@H](C)CNC)c([2H])c1[2H]. The van der Waals surface area contributed by atoms with Gasteiger partial charge in [0, 0.05) is 37.5 Å². The molecular weight excluding hydrogens is 410 g/mol. The Morgan fingerprint density at radius 2 is 1.66 bits per heavy atom. The highest BCUT2D eigenvalue weighted by Gasteiger charge is 2.41. The number of carboxylic acids is 2. The van der Waals surface area contributed by atoms with Gasteiger partial charge in [0.2, 0.25) is 0 Å². The fraction of sp³-hybridized carbons (Fsp3) is 0.320. The maximum absolute atomic E-state index is 12.5. The normalized spacial score (nSPS) is 15.5. The predicted molar refractivity (Wildman–Crippen MR) is 122 cm³/mol. The topological polar surface area (TPSA) is 113 Å². The highest BCUT2D eigenvalue weighted by atomic mass is 16.6. The molecular formula is C25H31NO6. The van der Waals surface area contributed by atoms with E-state index in [0.29, 0.717) is 18.7 Å². The average Bonchev–Trinajstić information content (AvgIpc) is 2.86.